The minimum atomic E-state index is -0.313. The van der Waals surface area contributed by atoms with Gasteiger partial charge in [0.2, 0.25) is 0 Å². The summed E-state index contributed by atoms with van der Waals surface area (Å²) >= 11 is 0. The predicted molar refractivity (Wildman–Crippen MR) is 69.3 cm³/mol. The first-order chi connectivity index (χ1) is 7.51. The third kappa shape index (κ3) is 4.96. The van der Waals surface area contributed by atoms with Crippen LogP contribution in [-0.2, 0) is 0 Å². The highest BCUT2D eigenvalue weighted by atomic mass is 15.1. The van der Waals surface area contributed by atoms with Crippen molar-refractivity contribution in [2.75, 3.05) is 20.1 Å². The van der Waals surface area contributed by atoms with E-state index in [4.69, 9.17) is 0 Å². The molecular weight excluding hydrogens is 198 g/mol. The van der Waals surface area contributed by atoms with Gasteiger partial charge in [-0.25, -0.2) is 0 Å². The Labute approximate surface area is 101 Å². The van der Waals surface area contributed by atoms with Crippen LogP contribution in [0.1, 0.15) is 47.0 Å². The van der Waals surface area contributed by atoms with Gasteiger partial charge in [0.25, 0.3) is 0 Å². The molecule has 3 heteroatoms. The maximum Gasteiger partial charge on any atom is 0.106 e. The summed E-state index contributed by atoms with van der Waals surface area (Å²) in [6.07, 6.45) is 2.89. The van der Waals surface area contributed by atoms with Crippen molar-refractivity contribution >= 4 is 0 Å². The molecule has 16 heavy (non-hydrogen) atoms. The van der Waals surface area contributed by atoms with E-state index in [-0.39, 0.29) is 5.54 Å². The Balaban J connectivity index is 4.09. The summed E-state index contributed by atoms with van der Waals surface area (Å²) in [7, 11) is 2.14. The molecule has 0 aromatic rings. The lowest BCUT2D eigenvalue weighted by atomic mass is 9.92. The molecule has 0 aromatic carbocycles. The minimum absolute atomic E-state index is 0.313. The van der Waals surface area contributed by atoms with E-state index in [1.807, 2.05) is 0 Å². The maximum absolute atomic E-state index is 9.26. The van der Waals surface area contributed by atoms with Crippen molar-refractivity contribution < 1.29 is 0 Å². The van der Waals surface area contributed by atoms with Crippen molar-refractivity contribution in [1.29, 1.82) is 5.26 Å². The van der Waals surface area contributed by atoms with Crippen LogP contribution in [0, 0.1) is 11.3 Å². The fourth-order valence-electron chi connectivity index (χ4n) is 1.79. The molecule has 0 fully saturated rings. The van der Waals surface area contributed by atoms with E-state index in [1.165, 1.54) is 0 Å². The third-order valence-electron chi connectivity index (χ3n) is 3.33. The molecule has 0 aromatic heterocycles. The molecular formula is C13H27N3. The molecule has 1 unspecified atom stereocenters. The zero-order chi connectivity index (χ0) is 12.6. The Bertz CT molecular complexity index is 220. The Kier molecular flexibility index (Phi) is 7.36. The minimum Gasteiger partial charge on any atom is -0.304 e. The molecule has 0 aliphatic rings. The lowest BCUT2D eigenvalue weighted by Crippen LogP contribution is -2.44. The normalized spacial score (nSPS) is 15.1. The molecule has 1 atom stereocenters. The van der Waals surface area contributed by atoms with Gasteiger partial charge in [0, 0.05) is 6.04 Å². The van der Waals surface area contributed by atoms with Crippen LogP contribution in [0.2, 0.25) is 0 Å². The number of nitrogens with zero attached hydrogens (tertiary/aromatic N) is 2. The molecule has 94 valence electrons. The van der Waals surface area contributed by atoms with E-state index in [1.54, 1.807) is 0 Å². The lowest BCUT2D eigenvalue weighted by molar-refractivity contribution is 0.253. The Morgan fingerprint density at radius 3 is 2.38 bits per heavy atom. The number of rotatable bonds is 8. The summed E-state index contributed by atoms with van der Waals surface area (Å²) < 4.78 is 0. The smallest absolute Gasteiger partial charge is 0.106 e. The molecule has 3 nitrogen and oxygen atoms in total. The molecule has 0 aliphatic carbocycles. The number of nitriles is 1. The largest absolute Gasteiger partial charge is 0.304 e. The van der Waals surface area contributed by atoms with E-state index in [9.17, 15) is 5.26 Å². The Morgan fingerprint density at radius 2 is 2.00 bits per heavy atom. The quantitative estimate of drug-likeness (QED) is 0.689. The SMILES string of the molecule is CCNC(C#N)(CC)CCCN(C)C(C)C. The predicted octanol–water partition coefficient (Wildman–Crippen LogP) is 2.39. The van der Waals surface area contributed by atoms with Gasteiger partial charge in [-0.15, -0.1) is 0 Å². The zero-order valence-electron chi connectivity index (χ0n) is 11.5. The summed E-state index contributed by atoms with van der Waals surface area (Å²) in [6, 6.07) is 3.02. The highest BCUT2D eigenvalue weighted by Crippen LogP contribution is 2.16. The fraction of sp³-hybridized carbons (Fsp3) is 0.923. The fourth-order valence-corrected chi connectivity index (χ4v) is 1.79. The number of hydrogen-bond donors (Lipinski definition) is 1. The standard InChI is InChI=1S/C13H27N3/c1-6-13(11-14,15-7-2)9-8-10-16(5)12(3)4/h12,15H,6-10H2,1-5H3. The highest BCUT2D eigenvalue weighted by Gasteiger charge is 2.25. The summed E-state index contributed by atoms with van der Waals surface area (Å²) in [6.45, 7) is 10.5. The van der Waals surface area contributed by atoms with Crippen LogP contribution in [-0.4, -0.2) is 36.6 Å². The van der Waals surface area contributed by atoms with Gasteiger partial charge in [-0.05, 0) is 53.2 Å². The lowest BCUT2D eigenvalue weighted by Gasteiger charge is -2.28. The van der Waals surface area contributed by atoms with E-state index in [0.717, 1.165) is 32.4 Å². The van der Waals surface area contributed by atoms with Gasteiger partial charge in [-0.3, -0.25) is 5.32 Å². The second-order valence-corrected chi connectivity index (χ2v) is 4.76. The highest BCUT2D eigenvalue weighted by molar-refractivity contribution is 5.05. The molecule has 0 rings (SSSR count). The number of nitrogens with one attached hydrogen (secondary N) is 1. The molecule has 0 radical (unpaired) electrons. The molecule has 0 heterocycles. The Hall–Kier alpha value is -0.590. The second kappa shape index (κ2) is 7.65. The van der Waals surface area contributed by atoms with E-state index in [2.05, 4.69) is 51.0 Å². The van der Waals surface area contributed by atoms with Gasteiger partial charge in [0.05, 0.1) is 6.07 Å². The molecule has 1 N–H and O–H groups in total. The van der Waals surface area contributed by atoms with Gasteiger partial charge in [0.15, 0.2) is 0 Å². The molecule has 0 spiro atoms. The van der Waals surface area contributed by atoms with Gasteiger partial charge >= 0.3 is 0 Å². The van der Waals surface area contributed by atoms with Crippen molar-refractivity contribution in [3.05, 3.63) is 0 Å². The van der Waals surface area contributed by atoms with Crippen molar-refractivity contribution in [1.82, 2.24) is 10.2 Å². The first-order valence-corrected chi connectivity index (χ1v) is 6.37. The van der Waals surface area contributed by atoms with Crippen LogP contribution in [0.4, 0.5) is 0 Å². The molecule has 0 amide bonds. The van der Waals surface area contributed by atoms with Gasteiger partial charge in [-0.1, -0.05) is 13.8 Å². The van der Waals surface area contributed by atoms with E-state index < -0.39 is 0 Å². The molecule has 0 saturated carbocycles. The van der Waals surface area contributed by atoms with Crippen LogP contribution in [0.5, 0.6) is 0 Å². The van der Waals surface area contributed by atoms with Crippen molar-refractivity contribution in [2.24, 2.45) is 0 Å². The van der Waals surface area contributed by atoms with Gasteiger partial charge in [-0.2, -0.15) is 5.26 Å². The van der Waals surface area contributed by atoms with Crippen molar-refractivity contribution in [3.8, 4) is 6.07 Å². The first-order valence-electron chi connectivity index (χ1n) is 6.37. The van der Waals surface area contributed by atoms with E-state index in [0.29, 0.717) is 6.04 Å². The van der Waals surface area contributed by atoms with Crippen molar-refractivity contribution in [3.63, 3.8) is 0 Å². The van der Waals surface area contributed by atoms with Crippen LogP contribution in [0.15, 0.2) is 0 Å². The topological polar surface area (TPSA) is 39.1 Å². The average molecular weight is 225 g/mol. The maximum atomic E-state index is 9.26. The summed E-state index contributed by atoms with van der Waals surface area (Å²) in [5.41, 5.74) is -0.313. The van der Waals surface area contributed by atoms with Gasteiger partial charge < -0.3 is 4.90 Å². The van der Waals surface area contributed by atoms with E-state index >= 15 is 0 Å². The molecule has 0 aliphatic heterocycles. The molecule has 0 saturated heterocycles. The first kappa shape index (κ1) is 15.4. The van der Waals surface area contributed by atoms with Crippen LogP contribution in [0.25, 0.3) is 0 Å². The van der Waals surface area contributed by atoms with Crippen LogP contribution < -0.4 is 5.32 Å². The Morgan fingerprint density at radius 1 is 1.38 bits per heavy atom. The monoisotopic (exact) mass is 225 g/mol. The summed E-state index contributed by atoms with van der Waals surface area (Å²) in [5, 5.41) is 12.6. The summed E-state index contributed by atoms with van der Waals surface area (Å²) in [5.74, 6) is 0. The number of hydrogen-bond acceptors (Lipinski definition) is 3. The molecule has 0 bridgehead atoms. The average Bonchev–Trinajstić information content (AvgIpc) is 2.27. The van der Waals surface area contributed by atoms with Crippen molar-refractivity contribution in [2.45, 2.75) is 58.5 Å². The summed E-state index contributed by atoms with van der Waals surface area (Å²) in [4.78, 5) is 2.32. The van der Waals surface area contributed by atoms with Crippen LogP contribution >= 0.6 is 0 Å². The van der Waals surface area contributed by atoms with Gasteiger partial charge in [0.1, 0.15) is 5.54 Å². The van der Waals surface area contributed by atoms with Crippen LogP contribution in [0.3, 0.4) is 0 Å². The zero-order valence-corrected chi connectivity index (χ0v) is 11.5. The second-order valence-electron chi connectivity index (χ2n) is 4.76. The third-order valence-corrected chi connectivity index (χ3v) is 3.33.